The molecule has 0 spiro atoms. The van der Waals surface area contributed by atoms with Crippen molar-refractivity contribution in [3.63, 3.8) is 0 Å². The third kappa shape index (κ3) is 3.69. The standard InChI is InChI=1S/C12H18N6O2S/c1-4-18(3)12-16-10(13)9(21-12)11(19)14-6-5-8-15-7(2)20-17-8/h4-6,13H2,1-3H3,(H,14,19). The lowest BCUT2D eigenvalue weighted by Crippen LogP contribution is -2.25. The van der Waals surface area contributed by atoms with E-state index >= 15 is 0 Å². The molecule has 0 aromatic carbocycles. The van der Waals surface area contributed by atoms with Crippen LogP contribution in [0.15, 0.2) is 4.52 Å². The van der Waals surface area contributed by atoms with Gasteiger partial charge in [-0.15, -0.1) is 0 Å². The van der Waals surface area contributed by atoms with E-state index in [0.717, 1.165) is 11.7 Å². The highest BCUT2D eigenvalue weighted by Crippen LogP contribution is 2.27. The van der Waals surface area contributed by atoms with Crippen molar-refractivity contribution < 1.29 is 9.32 Å². The van der Waals surface area contributed by atoms with Gasteiger partial charge in [-0.2, -0.15) is 4.98 Å². The first-order valence-corrected chi connectivity index (χ1v) is 7.37. The van der Waals surface area contributed by atoms with Gasteiger partial charge in [-0.3, -0.25) is 4.79 Å². The number of hydrogen-bond acceptors (Lipinski definition) is 8. The first-order valence-electron chi connectivity index (χ1n) is 6.56. The minimum absolute atomic E-state index is 0.235. The Morgan fingerprint density at radius 3 is 2.86 bits per heavy atom. The maximum Gasteiger partial charge on any atom is 0.265 e. The van der Waals surface area contributed by atoms with Gasteiger partial charge < -0.3 is 20.5 Å². The summed E-state index contributed by atoms with van der Waals surface area (Å²) in [5, 5.41) is 7.27. The number of nitrogen functional groups attached to an aromatic ring is 1. The number of carbonyl (C=O) groups is 1. The SMILES string of the molecule is CCN(C)c1nc(N)c(C(=O)NCCc2noc(C)n2)s1. The number of nitrogens with one attached hydrogen (secondary N) is 1. The van der Waals surface area contributed by atoms with Crippen LogP contribution in [-0.4, -0.2) is 41.2 Å². The molecule has 0 radical (unpaired) electrons. The molecule has 2 aromatic heterocycles. The lowest BCUT2D eigenvalue weighted by atomic mass is 10.4. The van der Waals surface area contributed by atoms with E-state index in [-0.39, 0.29) is 11.7 Å². The molecule has 0 fully saturated rings. The van der Waals surface area contributed by atoms with E-state index in [1.54, 1.807) is 6.92 Å². The molecule has 0 aliphatic heterocycles. The van der Waals surface area contributed by atoms with Gasteiger partial charge >= 0.3 is 0 Å². The Labute approximate surface area is 126 Å². The van der Waals surface area contributed by atoms with Crippen molar-refractivity contribution >= 4 is 28.2 Å². The second-order valence-electron chi connectivity index (χ2n) is 4.46. The van der Waals surface area contributed by atoms with Gasteiger partial charge in [-0.1, -0.05) is 16.5 Å². The van der Waals surface area contributed by atoms with Gasteiger partial charge in [0.25, 0.3) is 5.91 Å². The third-order valence-corrected chi connectivity index (χ3v) is 4.04. The molecule has 2 rings (SSSR count). The van der Waals surface area contributed by atoms with E-state index in [0.29, 0.717) is 29.6 Å². The quantitative estimate of drug-likeness (QED) is 0.813. The van der Waals surface area contributed by atoms with Crippen LogP contribution < -0.4 is 16.0 Å². The lowest BCUT2D eigenvalue weighted by Gasteiger charge is -2.10. The highest BCUT2D eigenvalue weighted by Gasteiger charge is 2.17. The van der Waals surface area contributed by atoms with Gasteiger partial charge in [0.2, 0.25) is 5.89 Å². The van der Waals surface area contributed by atoms with Crippen molar-refractivity contribution in [1.29, 1.82) is 0 Å². The zero-order valence-corrected chi connectivity index (χ0v) is 13.0. The van der Waals surface area contributed by atoms with E-state index in [1.165, 1.54) is 11.3 Å². The van der Waals surface area contributed by atoms with Crippen molar-refractivity contribution in [3.05, 3.63) is 16.6 Å². The smallest absolute Gasteiger partial charge is 0.265 e. The molecule has 114 valence electrons. The topological polar surface area (TPSA) is 110 Å². The van der Waals surface area contributed by atoms with Gasteiger partial charge in [0.1, 0.15) is 10.7 Å². The van der Waals surface area contributed by atoms with Crippen LogP contribution in [0.4, 0.5) is 10.9 Å². The first-order chi connectivity index (χ1) is 10.0. The minimum atomic E-state index is -0.235. The first kappa shape index (κ1) is 15.2. The summed E-state index contributed by atoms with van der Waals surface area (Å²) < 4.78 is 4.86. The van der Waals surface area contributed by atoms with Gasteiger partial charge in [0, 0.05) is 33.5 Å². The lowest BCUT2D eigenvalue weighted by molar-refractivity contribution is 0.0958. The number of hydrogen-bond donors (Lipinski definition) is 2. The molecule has 2 aromatic rings. The highest BCUT2D eigenvalue weighted by molar-refractivity contribution is 7.18. The van der Waals surface area contributed by atoms with Gasteiger partial charge in [0.15, 0.2) is 11.0 Å². The zero-order valence-electron chi connectivity index (χ0n) is 12.2. The van der Waals surface area contributed by atoms with Crippen LogP contribution in [-0.2, 0) is 6.42 Å². The number of thiazole rings is 1. The maximum absolute atomic E-state index is 12.1. The molecule has 1 amide bonds. The van der Waals surface area contributed by atoms with E-state index in [9.17, 15) is 4.79 Å². The fourth-order valence-corrected chi connectivity index (χ4v) is 2.52. The Morgan fingerprint density at radius 1 is 1.48 bits per heavy atom. The normalized spacial score (nSPS) is 10.6. The zero-order chi connectivity index (χ0) is 15.4. The molecule has 2 heterocycles. The van der Waals surface area contributed by atoms with Crippen molar-refractivity contribution in [1.82, 2.24) is 20.4 Å². The number of aromatic nitrogens is 3. The van der Waals surface area contributed by atoms with Crippen LogP contribution >= 0.6 is 11.3 Å². The summed E-state index contributed by atoms with van der Waals surface area (Å²) in [6.07, 6.45) is 0.503. The second-order valence-corrected chi connectivity index (χ2v) is 5.44. The Morgan fingerprint density at radius 2 is 2.24 bits per heavy atom. The number of amides is 1. The summed E-state index contributed by atoms with van der Waals surface area (Å²) in [6.45, 7) is 4.93. The third-order valence-electron chi connectivity index (χ3n) is 2.85. The van der Waals surface area contributed by atoms with Crippen molar-refractivity contribution in [2.45, 2.75) is 20.3 Å². The number of nitrogens with two attached hydrogens (primary N) is 1. The maximum atomic E-state index is 12.1. The molecule has 0 aliphatic rings. The highest BCUT2D eigenvalue weighted by atomic mass is 32.1. The summed E-state index contributed by atoms with van der Waals surface area (Å²) in [4.78, 5) is 22.7. The van der Waals surface area contributed by atoms with Gasteiger partial charge in [-0.25, -0.2) is 4.98 Å². The number of aryl methyl sites for hydroxylation is 1. The largest absolute Gasteiger partial charge is 0.382 e. The van der Waals surface area contributed by atoms with Crippen LogP contribution in [0.1, 0.15) is 28.3 Å². The fourth-order valence-electron chi connectivity index (χ4n) is 1.59. The molecule has 0 bridgehead atoms. The van der Waals surface area contributed by atoms with E-state index in [1.807, 2.05) is 18.9 Å². The fraction of sp³-hybridized carbons (Fsp3) is 0.500. The predicted molar refractivity (Wildman–Crippen MR) is 80.5 cm³/mol. The van der Waals surface area contributed by atoms with Crippen LogP contribution in [0, 0.1) is 6.92 Å². The Kier molecular flexibility index (Phi) is 4.73. The summed E-state index contributed by atoms with van der Waals surface area (Å²) >= 11 is 1.28. The number of carbonyl (C=O) groups excluding carboxylic acids is 1. The molecule has 0 saturated carbocycles. The molecular formula is C12H18N6O2S. The van der Waals surface area contributed by atoms with Crippen LogP contribution in [0.5, 0.6) is 0 Å². The summed E-state index contributed by atoms with van der Waals surface area (Å²) in [5.74, 6) is 1.09. The molecule has 8 nitrogen and oxygen atoms in total. The van der Waals surface area contributed by atoms with Crippen molar-refractivity contribution in [2.75, 3.05) is 30.8 Å². The molecule has 21 heavy (non-hydrogen) atoms. The summed E-state index contributed by atoms with van der Waals surface area (Å²) in [5.41, 5.74) is 5.79. The van der Waals surface area contributed by atoms with Crippen LogP contribution in [0.3, 0.4) is 0 Å². The van der Waals surface area contributed by atoms with Crippen LogP contribution in [0.2, 0.25) is 0 Å². The number of rotatable bonds is 6. The molecule has 0 atom stereocenters. The van der Waals surface area contributed by atoms with Crippen molar-refractivity contribution in [3.8, 4) is 0 Å². The molecule has 9 heteroatoms. The average Bonchev–Trinajstić information content (AvgIpc) is 3.04. The van der Waals surface area contributed by atoms with Crippen LogP contribution in [0.25, 0.3) is 0 Å². The number of anilines is 2. The van der Waals surface area contributed by atoms with Crippen molar-refractivity contribution in [2.24, 2.45) is 0 Å². The summed E-state index contributed by atoms with van der Waals surface area (Å²) in [7, 11) is 1.90. The van der Waals surface area contributed by atoms with E-state index in [4.69, 9.17) is 10.3 Å². The van der Waals surface area contributed by atoms with E-state index < -0.39 is 0 Å². The molecule has 0 aliphatic carbocycles. The molecular weight excluding hydrogens is 292 g/mol. The average molecular weight is 310 g/mol. The van der Waals surface area contributed by atoms with Gasteiger partial charge in [0.05, 0.1) is 0 Å². The Bertz CT molecular complexity index is 623. The Hall–Kier alpha value is -2.16. The monoisotopic (exact) mass is 310 g/mol. The van der Waals surface area contributed by atoms with Gasteiger partial charge in [-0.05, 0) is 6.92 Å². The molecule has 3 N–H and O–H groups in total. The second kappa shape index (κ2) is 6.53. The summed E-state index contributed by atoms with van der Waals surface area (Å²) in [6, 6.07) is 0. The van der Waals surface area contributed by atoms with E-state index in [2.05, 4.69) is 20.4 Å². The molecule has 0 saturated heterocycles. The Balaban J connectivity index is 1.92. The minimum Gasteiger partial charge on any atom is -0.382 e. The predicted octanol–water partition coefficient (Wildman–Crippen LogP) is 0.845. The number of nitrogens with zero attached hydrogens (tertiary/aromatic N) is 4. The molecule has 0 unspecified atom stereocenters.